The summed E-state index contributed by atoms with van der Waals surface area (Å²) in [6, 6.07) is 1.97. The van der Waals surface area contributed by atoms with Crippen molar-refractivity contribution in [2.45, 2.75) is 32.2 Å². The van der Waals surface area contributed by atoms with Crippen molar-refractivity contribution in [1.29, 1.82) is 0 Å². The van der Waals surface area contributed by atoms with E-state index in [-0.39, 0.29) is 17.9 Å². The van der Waals surface area contributed by atoms with Crippen molar-refractivity contribution >= 4 is 27.7 Å². The maximum atomic E-state index is 12.3. The molecule has 20 heavy (non-hydrogen) atoms. The fourth-order valence-electron chi connectivity index (χ4n) is 2.27. The summed E-state index contributed by atoms with van der Waals surface area (Å²) in [5.41, 5.74) is 0.593. The topological polar surface area (TPSA) is 62.3 Å². The lowest BCUT2D eigenvalue weighted by Gasteiger charge is -2.32. The lowest BCUT2D eigenvalue weighted by molar-refractivity contribution is -0.121. The Labute approximate surface area is 126 Å². The van der Waals surface area contributed by atoms with Crippen LogP contribution in [0, 0.1) is 0 Å². The SMILES string of the molecule is CCC(=O)NC1CCN(C(=O)c2cncc(Br)c2)CC1. The van der Waals surface area contributed by atoms with Gasteiger partial charge >= 0.3 is 0 Å². The number of hydrogen-bond acceptors (Lipinski definition) is 3. The Morgan fingerprint density at radius 1 is 1.40 bits per heavy atom. The monoisotopic (exact) mass is 339 g/mol. The first-order valence-corrected chi connectivity index (χ1v) is 7.58. The first-order chi connectivity index (χ1) is 9.60. The zero-order valence-electron chi connectivity index (χ0n) is 11.4. The summed E-state index contributed by atoms with van der Waals surface area (Å²) in [4.78, 5) is 29.5. The lowest BCUT2D eigenvalue weighted by Crippen LogP contribution is -2.46. The zero-order chi connectivity index (χ0) is 14.5. The van der Waals surface area contributed by atoms with Crippen molar-refractivity contribution < 1.29 is 9.59 Å². The van der Waals surface area contributed by atoms with Crippen molar-refractivity contribution in [2.75, 3.05) is 13.1 Å². The van der Waals surface area contributed by atoms with Gasteiger partial charge < -0.3 is 10.2 Å². The molecule has 0 radical (unpaired) electrons. The molecule has 6 heteroatoms. The molecule has 2 rings (SSSR count). The minimum atomic E-state index is -0.000863. The Balaban J connectivity index is 1.90. The predicted molar refractivity (Wildman–Crippen MR) is 79.3 cm³/mol. The maximum Gasteiger partial charge on any atom is 0.255 e. The van der Waals surface area contributed by atoms with Gasteiger partial charge in [-0.05, 0) is 34.8 Å². The highest BCUT2D eigenvalue weighted by molar-refractivity contribution is 9.10. The van der Waals surface area contributed by atoms with Gasteiger partial charge in [-0.2, -0.15) is 0 Å². The number of nitrogens with one attached hydrogen (secondary N) is 1. The van der Waals surface area contributed by atoms with Crippen LogP contribution in [-0.2, 0) is 4.79 Å². The molecule has 1 saturated heterocycles. The third-order valence-corrected chi connectivity index (χ3v) is 3.85. The summed E-state index contributed by atoms with van der Waals surface area (Å²) in [7, 11) is 0. The van der Waals surface area contributed by atoms with E-state index in [1.165, 1.54) is 0 Å². The number of aromatic nitrogens is 1. The summed E-state index contributed by atoms with van der Waals surface area (Å²) in [5.74, 6) is 0.0741. The number of halogens is 1. The summed E-state index contributed by atoms with van der Waals surface area (Å²) in [5, 5.41) is 2.98. The fourth-order valence-corrected chi connectivity index (χ4v) is 2.63. The van der Waals surface area contributed by atoms with E-state index >= 15 is 0 Å². The van der Waals surface area contributed by atoms with Gasteiger partial charge in [0.15, 0.2) is 0 Å². The van der Waals surface area contributed by atoms with Crippen LogP contribution in [0.1, 0.15) is 36.5 Å². The molecule has 0 unspecified atom stereocenters. The molecule has 1 aliphatic rings. The molecule has 1 aromatic heterocycles. The smallest absolute Gasteiger partial charge is 0.255 e. The summed E-state index contributed by atoms with van der Waals surface area (Å²) in [6.45, 7) is 3.17. The van der Waals surface area contributed by atoms with E-state index < -0.39 is 0 Å². The number of likely N-dealkylation sites (tertiary alicyclic amines) is 1. The van der Waals surface area contributed by atoms with Gasteiger partial charge in [-0.3, -0.25) is 14.6 Å². The van der Waals surface area contributed by atoms with Gasteiger partial charge in [0.2, 0.25) is 5.91 Å². The Morgan fingerprint density at radius 2 is 2.10 bits per heavy atom. The minimum Gasteiger partial charge on any atom is -0.353 e. The van der Waals surface area contributed by atoms with Crippen LogP contribution in [0.25, 0.3) is 0 Å². The molecule has 108 valence electrons. The van der Waals surface area contributed by atoms with E-state index in [0.717, 1.165) is 17.3 Å². The number of pyridine rings is 1. The van der Waals surface area contributed by atoms with E-state index in [2.05, 4.69) is 26.2 Å². The number of rotatable bonds is 3. The molecule has 1 N–H and O–H groups in total. The molecule has 1 aromatic rings. The molecule has 1 fully saturated rings. The van der Waals surface area contributed by atoms with Crippen LogP contribution >= 0.6 is 15.9 Å². The molecule has 0 bridgehead atoms. The quantitative estimate of drug-likeness (QED) is 0.915. The van der Waals surface area contributed by atoms with Crippen LogP contribution in [0.5, 0.6) is 0 Å². The van der Waals surface area contributed by atoms with Gasteiger partial charge in [0.1, 0.15) is 0 Å². The maximum absolute atomic E-state index is 12.3. The predicted octanol–water partition coefficient (Wildman–Crippen LogP) is 1.97. The van der Waals surface area contributed by atoms with E-state index in [9.17, 15) is 9.59 Å². The Hall–Kier alpha value is -1.43. The van der Waals surface area contributed by atoms with Gasteiger partial charge in [0.25, 0.3) is 5.91 Å². The van der Waals surface area contributed by atoms with Crippen molar-refractivity contribution in [3.05, 3.63) is 28.5 Å². The molecule has 2 heterocycles. The molecule has 0 aliphatic carbocycles. The highest BCUT2D eigenvalue weighted by Gasteiger charge is 2.24. The third-order valence-electron chi connectivity index (χ3n) is 3.42. The van der Waals surface area contributed by atoms with Crippen LogP contribution in [0.3, 0.4) is 0 Å². The number of amides is 2. The second kappa shape index (κ2) is 6.83. The fraction of sp³-hybridized carbons (Fsp3) is 0.500. The molecule has 0 aromatic carbocycles. The van der Waals surface area contributed by atoms with Crippen LogP contribution < -0.4 is 5.32 Å². The van der Waals surface area contributed by atoms with Gasteiger partial charge in [0, 0.05) is 42.4 Å². The number of nitrogens with zero attached hydrogens (tertiary/aromatic N) is 2. The van der Waals surface area contributed by atoms with Crippen LogP contribution in [0.4, 0.5) is 0 Å². The van der Waals surface area contributed by atoms with Crippen molar-refractivity contribution in [3.8, 4) is 0 Å². The number of piperidine rings is 1. The first-order valence-electron chi connectivity index (χ1n) is 6.79. The second-order valence-electron chi connectivity index (χ2n) is 4.88. The average molecular weight is 340 g/mol. The molecule has 2 amide bonds. The Morgan fingerprint density at radius 3 is 2.70 bits per heavy atom. The largest absolute Gasteiger partial charge is 0.353 e. The number of carbonyl (C=O) groups excluding carboxylic acids is 2. The molecule has 5 nitrogen and oxygen atoms in total. The molecule has 0 atom stereocenters. The van der Waals surface area contributed by atoms with E-state index in [1.807, 2.05) is 11.8 Å². The summed E-state index contributed by atoms with van der Waals surface area (Å²) >= 11 is 3.32. The van der Waals surface area contributed by atoms with Crippen molar-refractivity contribution in [1.82, 2.24) is 15.2 Å². The minimum absolute atomic E-state index is 0.000863. The molecule has 0 saturated carbocycles. The molecular weight excluding hydrogens is 322 g/mol. The van der Waals surface area contributed by atoms with E-state index in [0.29, 0.717) is 25.1 Å². The zero-order valence-corrected chi connectivity index (χ0v) is 13.0. The Kier molecular flexibility index (Phi) is 5.11. The van der Waals surface area contributed by atoms with E-state index in [1.54, 1.807) is 18.5 Å². The number of carbonyl (C=O) groups is 2. The van der Waals surface area contributed by atoms with Crippen LogP contribution in [-0.4, -0.2) is 40.8 Å². The molecule has 1 aliphatic heterocycles. The van der Waals surface area contributed by atoms with Gasteiger partial charge in [-0.15, -0.1) is 0 Å². The molecular formula is C14H18BrN3O2. The third kappa shape index (κ3) is 3.79. The normalized spacial score (nSPS) is 16.0. The highest BCUT2D eigenvalue weighted by Crippen LogP contribution is 2.16. The Bertz CT molecular complexity index is 499. The van der Waals surface area contributed by atoms with Crippen molar-refractivity contribution in [3.63, 3.8) is 0 Å². The van der Waals surface area contributed by atoms with E-state index in [4.69, 9.17) is 0 Å². The second-order valence-corrected chi connectivity index (χ2v) is 5.80. The van der Waals surface area contributed by atoms with Crippen LogP contribution in [0.15, 0.2) is 22.9 Å². The van der Waals surface area contributed by atoms with Crippen molar-refractivity contribution in [2.24, 2.45) is 0 Å². The summed E-state index contributed by atoms with van der Waals surface area (Å²) < 4.78 is 0.799. The lowest BCUT2D eigenvalue weighted by atomic mass is 10.0. The average Bonchev–Trinajstić information content (AvgIpc) is 2.47. The highest BCUT2D eigenvalue weighted by atomic mass is 79.9. The molecule has 0 spiro atoms. The summed E-state index contributed by atoms with van der Waals surface area (Å²) in [6.07, 6.45) is 5.35. The van der Waals surface area contributed by atoms with Gasteiger partial charge in [-0.25, -0.2) is 0 Å². The van der Waals surface area contributed by atoms with Gasteiger partial charge in [0.05, 0.1) is 5.56 Å². The first kappa shape index (κ1) is 15.0. The standard InChI is InChI=1S/C14H18BrN3O2/c1-2-13(19)17-12-3-5-18(6-4-12)14(20)10-7-11(15)9-16-8-10/h7-9,12H,2-6H2,1H3,(H,17,19). The number of hydrogen-bond donors (Lipinski definition) is 1. The van der Waals surface area contributed by atoms with Crippen LogP contribution in [0.2, 0.25) is 0 Å². The van der Waals surface area contributed by atoms with Gasteiger partial charge in [-0.1, -0.05) is 6.92 Å².